The van der Waals surface area contributed by atoms with E-state index in [9.17, 15) is 4.79 Å². The van der Waals surface area contributed by atoms with Crippen LogP contribution in [0.4, 0.5) is 5.13 Å². The summed E-state index contributed by atoms with van der Waals surface area (Å²) in [6, 6.07) is 0. The molecule has 0 aliphatic heterocycles. The maximum Gasteiger partial charge on any atom is 0.267 e. The molecule has 0 spiro atoms. The second-order valence-corrected chi connectivity index (χ2v) is 8.43. The molecule has 3 aromatic rings. The third kappa shape index (κ3) is 3.69. The molecule has 0 fully saturated rings. The molecule has 0 radical (unpaired) electrons. The van der Waals surface area contributed by atoms with Crippen LogP contribution < -0.4 is 5.32 Å². The lowest BCUT2D eigenvalue weighted by atomic mass is 10.1. The lowest BCUT2D eigenvalue weighted by Gasteiger charge is -2.01. The summed E-state index contributed by atoms with van der Waals surface area (Å²) in [7, 11) is 0. The van der Waals surface area contributed by atoms with Gasteiger partial charge in [0, 0.05) is 23.9 Å². The number of fused-ring (bicyclic) bond motifs is 1. The number of anilines is 1. The summed E-state index contributed by atoms with van der Waals surface area (Å²) < 4.78 is 0. The zero-order chi connectivity index (χ0) is 18.1. The molecular formula is C17H21N5OS2. The smallest absolute Gasteiger partial charge is 0.267 e. The van der Waals surface area contributed by atoms with Gasteiger partial charge in [0.25, 0.3) is 5.91 Å². The highest BCUT2D eigenvalue weighted by Gasteiger charge is 2.20. The Bertz CT molecular complexity index is 929. The van der Waals surface area contributed by atoms with Crippen molar-refractivity contribution in [3.63, 3.8) is 0 Å². The average Bonchev–Trinajstić information content (AvgIpc) is 3.11. The topological polar surface area (TPSA) is 80.7 Å². The highest BCUT2D eigenvalue weighted by molar-refractivity contribution is 7.21. The molecule has 3 aromatic heterocycles. The lowest BCUT2D eigenvalue weighted by molar-refractivity contribution is 0.103. The van der Waals surface area contributed by atoms with E-state index in [1.54, 1.807) is 0 Å². The number of amides is 1. The zero-order valence-electron chi connectivity index (χ0n) is 15.0. The summed E-state index contributed by atoms with van der Waals surface area (Å²) in [5.41, 5.74) is 1.84. The van der Waals surface area contributed by atoms with Crippen LogP contribution in [-0.4, -0.2) is 26.1 Å². The Labute approximate surface area is 154 Å². The van der Waals surface area contributed by atoms with Crippen molar-refractivity contribution >= 4 is 43.9 Å². The fraction of sp³-hybridized carbons (Fsp3) is 0.471. The molecule has 25 heavy (non-hydrogen) atoms. The van der Waals surface area contributed by atoms with Crippen molar-refractivity contribution in [3.8, 4) is 0 Å². The van der Waals surface area contributed by atoms with Gasteiger partial charge in [0.2, 0.25) is 5.13 Å². The van der Waals surface area contributed by atoms with Crippen LogP contribution in [-0.2, 0) is 12.8 Å². The van der Waals surface area contributed by atoms with E-state index in [0.717, 1.165) is 45.1 Å². The van der Waals surface area contributed by atoms with Gasteiger partial charge in [-0.2, -0.15) is 0 Å². The number of thiophene rings is 1. The van der Waals surface area contributed by atoms with Gasteiger partial charge in [-0.1, -0.05) is 32.1 Å². The number of nitrogens with one attached hydrogen (secondary N) is 1. The Morgan fingerprint density at radius 1 is 1.16 bits per heavy atom. The molecule has 0 bridgehead atoms. The maximum atomic E-state index is 12.7. The van der Waals surface area contributed by atoms with Gasteiger partial charge in [-0.3, -0.25) is 10.1 Å². The summed E-state index contributed by atoms with van der Waals surface area (Å²) in [6.45, 7) is 10.2. The highest BCUT2D eigenvalue weighted by Crippen LogP contribution is 2.32. The standard InChI is InChI=1S/C17H21N5OS2/c1-6-11-18-10(5)13-9(4)14(25-16(13)19-11)15(23)20-17-22-21-12(24-17)7-8(2)3/h8H,6-7H2,1-5H3,(H,20,22,23). The van der Waals surface area contributed by atoms with Crippen molar-refractivity contribution < 1.29 is 4.79 Å². The van der Waals surface area contributed by atoms with Gasteiger partial charge in [-0.15, -0.1) is 21.5 Å². The number of carbonyl (C=O) groups excluding carboxylic acids is 1. The minimum Gasteiger partial charge on any atom is -0.296 e. The minimum absolute atomic E-state index is 0.162. The zero-order valence-corrected chi connectivity index (χ0v) is 16.6. The van der Waals surface area contributed by atoms with Crippen molar-refractivity contribution in [1.82, 2.24) is 20.2 Å². The van der Waals surface area contributed by atoms with E-state index in [2.05, 4.69) is 39.3 Å². The van der Waals surface area contributed by atoms with Gasteiger partial charge in [0.05, 0.1) is 4.88 Å². The van der Waals surface area contributed by atoms with Crippen LogP contribution in [0.15, 0.2) is 0 Å². The minimum atomic E-state index is -0.162. The Kier molecular flexibility index (Phi) is 5.10. The number of hydrogen-bond donors (Lipinski definition) is 1. The van der Waals surface area contributed by atoms with Crippen molar-refractivity contribution in [2.45, 2.75) is 47.5 Å². The fourth-order valence-corrected chi connectivity index (χ4v) is 4.75. The van der Waals surface area contributed by atoms with Crippen LogP contribution in [0, 0.1) is 19.8 Å². The second kappa shape index (κ2) is 7.13. The first-order valence-electron chi connectivity index (χ1n) is 8.29. The molecule has 0 aliphatic rings. The molecule has 3 rings (SSSR count). The van der Waals surface area contributed by atoms with Gasteiger partial charge in [-0.25, -0.2) is 9.97 Å². The van der Waals surface area contributed by atoms with Gasteiger partial charge >= 0.3 is 0 Å². The largest absolute Gasteiger partial charge is 0.296 e. The van der Waals surface area contributed by atoms with E-state index in [-0.39, 0.29) is 5.91 Å². The van der Waals surface area contributed by atoms with E-state index in [0.29, 0.717) is 15.9 Å². The first kappa shape index (κ1) is 17.9. The number of hydrogen-bond acceptors (Lipinski definition) is 7. The van der Waals surface area contributed by atoms with Crippen molar-refractivity contribution in [3.05, 3.63) is 27.0 Å². The molecule has 0 saturated heterocycles. The van der Waals surface area contributed by atoms with Crippen molar-refractivity contribution in [2.24, 2.45) is 5.92 Å². The van der Waals surface area contributed by atoms with Crippen LogP contribution in [0.3, 0.4) is 0 Å². The molecule has 0 atom stereocenters. The fourth-order valence-electron chi connectivity index (χ4n) is 2.66. The van der Waals surface area contributed by atoms with Crippen LogP contribution in [0.2, 0.25) is 0 Å². The molecule has 0 aliphatic carbocycles. The van der Waals surface area contributed by atoms with Crippen LogP contribution in [0.25, 0.3) is 10.2 Å². The molecule has 0 aromatic carbocycles. The molecule has 132 valence electrons. The van der Waals surface area contributed by atoms with E-state index in [1.165, 1.54) is 22.7 Å². The molecule has 3 heterocycles. The van der Waals surface area contributed by atoms with E-state index < -0.39 is 0 Å². The van der Waals surface area contributed by atoms with E-state index in [4.69, 9.17) is 0 Å². The summed E-state index contributed by atoms with van der Waals surface area (Å²) in [5.74, 6) is 1.15. The molecule has 8 heteroatoms. The van der Waals surface area contributed by atoms with Gasteiger partial charge in [0.15, 0.2) is 0 Å². The highest BCUT2D eigenvalue weighted by atomic mass is 32.1. The molecular weight excluding hydrogens is 354 g/mol. The Hall–Kier alpha value is -1.93. The van der Waals surface area contributed by atoms with Crippen molar-refractivity contribution in [2.75, 3.05) is 5.32 Å². The number of rotatable bonds is 5. The average molecular weight is 376 g/mol. The summed E-state index contributed by atoms with van der Waals surface area (Å²) >= 11 is 2.83. The summed E-state index contributed by atoms with van der Waals surface area (Å²) in [4.78, 5) is 23.3. The van der Waals surface area contributed by atoms with E-state index >= 15 is 0 Å². The van der Waals surface area contributed by atoms with Gasteiger partial charge in [0.1, 0.15) is 15.7 Å². The predicted molar refractivity (Wildman–Crippen MR) is 103 cm³/mol. The number of carbonyl (C=O) groups is 1. The monoisotopic (exact) mass is 375 g/mol. The summed E-state index contributed by atoms with van der Waals surface area (Å²) in [6.07, 6.45) is 1.64. The molecule has 0 saturated carbocycles. The molecule has 1 N–H and O–H groups in total. The maximum absolute atomic E-state index is 12.7. The Balaban J connectivity index is 1.88. The SMILES string of the molecule is CCc1nc(C)c2c(C)c(C(=O)Nc3nnc(CC(C)C)s3)sc2n1. The predicted octanol–water partition coefficient (Wildman–Crippen LogP) is 4.17. The lowest BCUT2D eigenvalue weighted by Crippen LogP contribution is -2.11. The van der Waals surface area contributed by atoms with Crippen molar-refractivity contribution in [1.29, 1.82) is 0 Å². The Morgan fingerprint density at radius 2 is 1.92 bits per heavy atom. The third-order valence-corrected chi connectivity index (χ3v) is 5.86. The third-order valence-electron chi connectivity index (χ3n) is 3.81. The number of aryl methyl sites for hydroxylation is 3. The van der Waals surface area contributed by atoms with Gasteiger partial charge < -0.3 is 0 Å². The molecule has 1 amide bonds. The number of aromatic nitrogens is 4. The first-order chi connectivity index (χ1) is 11.9. The van der Waals surface area contributed by atoms with Gasteiger partial charge in [-0.05, 0) is 25.3 Å². The summed E-state index contributed by atoms with van der Waals surface area (Å²) in [5, 5.41) is 13.5. The first-order valence-corrected chi connectivity index (χ1v) is 9.92. The molecule has 0 unspecified atom stereocenters. The number of nitrogens with zero attached hydrogens (tertiary/aromatic N) is 4. The Morgan fingerprint density at radius 3 is 2.60 bits per heavy atom. The quantitative estimate of drug-likeness (QED) is 0.724. The van der Waals surface area contributed by atoms with Crippen LogP contribution in [0.1, 0.15) is 52.5 Å². The molecule has 6 nitrogen and oxygen atoms in total. The normalized spacial score (nSPS) is 11.4. The van der Waals surface area contributed by atoms with Crippen LogP contribution in [0.5, 0.6) is 0 Å². The second-order valence-electron chi connectivity index (χ2n) is 6.37. The van der Waals surface area contributed by atoms with Crippen LogP contribution >= 0.6 is 22.7 Å². The van der Waals surface area contributed by atoms with E-state index in [1.807, 2.05) is 20.8 Å².